The number of sulfonamides is 1. The molecule has 2 heterocycles. The number of hydrogen-bond donors (Lipinski definition) is 0. The lowest BCUT2D eigenvalue weighted by molar-refractivity contribution is 0.403. The number of hydrogen-bond acceptors (Lipinski definition) is 4. The van der Waals surface area contributed by atoms with Crippen molar-refractivity contribution in [1.82, 2.24) is 4.31 Å². The van der Waals surface area contributed by atoms with Gasteiger partial charge in [0.2, 0.25) is 10.0 Å². The maximum absolute atomic E-state index is 14.3. The molecule has 0 spiro atoms. The Kier molecular flexibility index (Phi) is 5.15. The molecule has 3 aromatic rings. The van der Waals surface area contributed by atoms with Crippen LogP contribution in [0.25, 0.3) is 0 Å². The SMILES string of the molecule is Cc1ccc(S(=O)(=O)N(Cc2cccs2)Cc2cccs2)c(F)c1. The van der Waals surface area contributed by atoms with Crippen molar-refractivity contribution in [2.45, 2.75) is 24.9 Å². The molecule has 0 unspecified atom stereocenters. The van der Waals surface area contributed by atoms with E-state index in [1.165, 1.54) is 39.1 Å². The molecule has 0 N–H and O–H groups in total. The Bertz CT molecular complexity index is 867. The maximum atomic E-state index is 14.3. The minimum atomic E-state index is -3.93. The number of thiophene rings is 2. The van der Waals surface area contributed by atoms with E-state index < -0.39 is 15.8 Å². The summed E-state index contributed by atoms with van der Waals surface area (Å²) in [6.45, 7) is 2.19. The van der Waals surface area contributed by atoms with Gasteiger partial charge in [-0.25, -0.2) is 12.8 Å². The average molecular weight is 382 g/mol. The predicted octanol–water partition coefficient (Wildman–Crippen LogP) is 4.65. The molecular formula is C17H16FNO2S3. The van der Waals surface area contributed by atoms with E-state index >= 15 is 0 Å². The molecule has 0 saturated heterocycles. The predicted molar refractivity (Wildman–Crippen MR) is 96.2 cm³/mol. The molecule has 0 atom stereocenters. The van der Waals surface area contributed by atoms with Crippen LogP contribution in [0.2, 0.25) is 0 Å². The fourth-order valence-electron chi connectivity index (χ4n) is 2.33. The highest BCUT2D eigenvalue weighted by atomic mass is 32.2. The molecule has 0 radical (unpaired) electrons. The third-order valence-corrected chi connectivity index (χ3v) is 7.08. The molecule has 0 aliphatic heterocycles. The van der Waals surface area contributed by atoms with Crippen LogP contribution in [0, 0.1) is 12.7 Å². The van der Waals surface area contributed by atoms with Gasteiger partial charge in [-0.05, 0) is 47.5 Å². The Morgan fingerprint density at radius 3 is 2.04 bits per heavy atom. The highest BCUT2D eigenvalue weighted by Crippen LogP contribution is 2.26. The molecule has 0 fully saturated rings. The second kappa shape index (κ2) is 7.14. The Morgan fingerprint density at radius 2 is 1.58 bits per heavy atom. The zero-order valence-corrected chi connectivity index (χ0v) is 15.4. The number of nitrogens with zero attached hydrogens (tertiary/aromatic N) is 1. The zero-order chi connectivity index (χ0) is 17.2. The van der Waals surface area contributed by atoms with Crippen LogP contribution in [0.4, 0.5) is 4.39 Å². The van der Waals surface area contributed by atoms with Gasteiger partial charge in [0.25, 0.3) is 0 Å². The number of halogens is 1. The molecule has 126 valence electrons. The minimum Gasteiger partial charge on any atom is -0.207 e. The molecule has 1 aromatic carbocycles. The first-order valence-electron chi connectivity index (χ1n) is 7.28. The molecule has 0 bridgehead atoms. The van der Waals surface area contributed by atoms with E-state index in [9.17, 15) is 12.8 Å². The highest BCUT2D eigenvalue weighted by Gasteiger charge is 2.28. The Balaban J connectivity index is 1.99. The summed E-state index contributed by atoms with van der Waals surface area (Å²) in [5, 5.41) is 3.80. The normalized spacial score (nSPS) is 12.0. The van der Waals surface area contributed by atoms with Crippen molar-refractivity contribution in [3.8, 4) is 0 Å². The molecule has 2 aromatic heterocycles. The highest BCUT2D eigenvalue weighted by molar-refractivity contribution is 7.89. The fraction of sp³-hybridized carbons (Fsp3) is 0.176. The van der Waals surface area contributed by atoms with Crippen molar-refractivity contribution < 1.29 is 12.8 Å². The third kappa shape index (κ3) is 3.75. The first kappa shape index (κ1) is 17.3. The maximum Gasteiger partial charge on any atom is 0.246 e. The molecule has 24 heavy (non-hydrogen) atoms. The van der Waals surface area contributed by atoms with Gasteiger partial charge < -0.3 is 0 Å². The van der Waals surface area contributed by atoms with Gasteiger partial charge in [-0.2, -0.15) is 4.31 Å². The average Bonchev–Trinajstić information content (AvgIpc) is 3.19. The van der Waals surface area contributed by atoms with Crippen molar-refractivity contribution in [3.05, 3.63) is 74.4 Å². The van der Waals surface area contributed by atoms with E-state index in [2.05, 4.69) is 0 Å². The molecule has 3 nitrogen and oxygen atoms in total. The van der Waals surface area contributed by atoms with Gasteiger partial charge in [0, 0.05) is 22.8 Å². The van der Waals surface area contributed by atoms with Gasteiger partial charge in [0.15, 0.2) is 0 Å². The largest absolute Gasteiger partial charge is 0.246 e. The van der Waals surface area contributed by atoms with Gasteiger partial charge in [0.1, 0.15) is 10.7 Å². The van der Waals surface area contributed by atoms with Crippen molar-refractivity contribution in [1.29, 1.82) is 0 Å². The summed E-state index contributed by atoms with van der Waals surface area (Å²) in [6, 6.07) is 11.7. The van der Waals surface area contributed by atoms with E-state index in [1.807, 2.05) is 35.0 Å². The first-order valence-corrected chi connectivity index (χ1v) is 10.5. The topological polar surface area (TPSA) is 37.4 Å². The Labute approximate surface area is 149 Å². The third-order valence-electron chi connectivity index (χ3n) is 3.53. The quantitative estimate of drug-likeness (QED) is 0.623. The van der Waals surface area contributed by atoms with E-state index in [0.29, 0.717) is 5.56 Å². The van der Waals surface area contributed by atoms with Crippen LogP contribution in [0.15, 0.2) is 58.1 Å². The number of rotatable bonds is 6. The van der Waals surface area contributed by atoms with E-state index in [-0.39, 0.29) is 18.0 Å². The molecule has 7 heteroatoms. The van der Waals surface area contributed by atoms with Gasteiger partial charge in [-0.1, -0.05) is 18.2 Å². The van der Waals surface area contributed by atoms with Crippen LogP contribution in [-0.4, -0.2) is 12.7 Å². The lowest BCUT2D eigenvalue weighted by Crippen LogP contribution is -2.30. The standard InChI is InChI=1S/C17H16FNO2S3/c1-13-6-7-17(16(18)10-13)24(20,21)19(11-14-4-2-8-22-14)12-15-5-3-9-23-15/h2-10H,11-12H2,1H3. The summed E-state index contributed by atoms with van der Waals surface area (Å²) >= 11 is 2.97. The van der Waals surface area contributed by atoms with Gasteiger partial charge >= 0.3 is 0 Å². The van der Waals surface area contributed by atoms with Crippen LogP contribution < -0.4 is 0 Å². The van der Waals surface area contributed by atoms with Crippen LogP contribution in [0.1, 0.15) is 15.3 Å². The molecule has 0 amide bonds. The summed E-state index contributed by atoms with van der Waals surface area (Å²) < 4.78 is 41.6. The molecule has 0 aliphatic rings. The van der Waals surface area contributed by atoms with Crippen molar-refractivity contribution in [2.24, 2.45) is 0 Å². The number of benzene rings is 1. The lowest BCUT2D eigenvalue weighted by atomic mass is 10.2. The summed E-state index contributed by atoms with van der Waals surface area (Å²) in [7, 11) is -3.93. The summed E-state index contributed by atoms with van der Waals surface area (Å²) in [5.41, 5.74) is 0.689. The molecule has 0 saturated carbocycles. The van der Waals surface area contributed by atoms with Crippen molar-refractivity contribution in [3.63, 3.8) is 0 Å². The molecule has 3 rings (SSSR count). The second-order valence-electron chi connectivity index (χ2n) is 5.37. The summed E-state index contributed by atoms with van der Waals surface area (Å²) in [4.78, 5) is 1.56. The minimum absolute atomic E-state index is 0.227. The van der Waals surface area contributed by atoms with E-state index in [0.717, 1.165) is 9.75 Å². The van der Waals surface area contributed by atoms with Gasteiger partial charge in [-0.15, -0.1) is 22.7 Å². The fourth-order valence-corrected chi connectivity index (χ4v) is 5.38. The Hall–Kier alpha value is -1.54. The van der Waals surface area contributed by atoms with Crippen LogP contribution >= 0.6 is 22.7 Å². The smallest absolute Gasteiger partial charge is 0.207 e. The van der Waals surface area contributed by atoms with Crippen LogP contribution in [0.3, 0.4) is 0 Å². The van der Waals surface area contributed by atoms with Gasteiger partial charge in [0.05, 0.1) is 0 Å². The zero-order valence-electron chi connectivity index (χ0n) is 13.0. The van der Waals surface area contributed by atoms with Crippen molar-refractivity contribution >= 4 is 32.7 Å². The molecular weight excluding hydrogens is 365 g/mol. The van der Waals surface area contributed by atoms with Crippen molar-refractivity contribution in [2.75, 3.05) is 0 Å². The van der Waals surface area contributed by atoms with Crippen LogP contribution in [-0.2, 0) is 23.1 Å². The monoisotopic (exact) mass is 381 g/mol. The molecule has 0 aliphatic carbocycles. The Morgan fingerprint density at radius 1 is 1.00 bits per heavy atom. The van der Waals surface area contributed by atoms with E-state index in [1.54, 1.807) is 13.0 Å². The number of aryl methyl sites for hydroxylation is 1. The second-order valence-corrected chi connectivity index (χ2v) is 9.34. The van der Waals surface area contributed by atoms with E-state index in [4.69, 9.17) is 0 Å². The summed E-state index contributed by atoms with van der Waals surface area (Å²) in [5.74, 6) is -0.711. The lowest BCUT2D eigenvalue weighted by Gasteiger charge is -2.21. The first-order chi connectivity index (χ1) is 11.5. The van der Waals surface area contributed by atoms with Crippen LogP contribution in [0.5, 0.6) is 0 Å². The summed E-state index contributed by atoms with van der Waals surface area (Å²) in [6.07, 6.45) is 0. The van der Waals surface area contributed by atoms with Gasteiger partial charge in [-0.3, -0.25) is 0 Å².